The van der Waals surface area contributed by atoms with E-state index >= 15 is 0 Å². The van der Waals surface area contributed by atoms with Crippen molar-refractivity contribution in [3.8, 4) is 90.8 Å². The van der Waals surface area contributed by atoms with Crippen LogP contribution in [0.25, 0.3) is 111 Å². The quantitative estimate of drug-likeness (QED) is 0.123. The fourth-order valence-corrected chi connectivity index (χ4v) is 11.3. The molecule has 0 aliphatic carbocycles. The summed E-state index contributed by atoms with van der Waals surface area (Å²) in [6.45, 7) is 16.8. The van der Waals surface area contributed by atoms with Crippen molar-refractivity contribution in [1.29, 1.82) is 0 Å². The van der Waals surface area contributed by atoms with Crippen LogP contribution in [0.1, 0.15) is 44.5 Å². The third kappa shape index (κ3) is 10.0. The first-order valence-electron chi connectivity index (χ1n) is 26.7. The van der Waals surface area contributed by atoms with Gasteiger partial charge in [-0.1, -0.05) is 60.7 Å². The van der Waals surface area contributed by atoms with Gasteiger partial charge in [-0.15, -0.1) is 0 Å². The second-order valence-corrected chi connectivity index (χ2v) is 20.6. The minimum absolute atomic E-state index is 0.815. The maximum Gasteiger partial charge on any atom is 0.119 e. The molecule has 396 valence electrons. The molecule has 10 heteroatoms. The van der Waals surface area contributed by atoms with Crippen LogP contribution in [0.15, 0.2) is 158 Å². The van der Waals surface area contributed by atoms with E-state index in [1.54, 1.807) is 28.4 Å². The fraction of sp³-hybridized carbons (Fsp3) is 0.171. The molecule has 0 saturated carbocycles. The summed E-state index contributed by atoms with van der Waals surface area (Å²) in [5.41, 5.74) is 23.9. The SMILES string of the molecule is COc1cc(C)c(-c2cccc(-c3ccc4ccc5ccc(-c6c(C)cc(OC)cc6C)nc5c4n3)n2)c(C)c1.COc1cc(C)c(-c2cccc(-c3ccc4ccc5ccc(-c6c(C)cc(OC)cc6C)nc5c4n3)n2)c(C)c1. The molecule has 12 rings (SSSR count). The van der Waals surface area contributed by atoms with Crippen molar-refractivity contribution < 1.29 is 18.9 Å². The molecule has 6 aromatic carbocycles. The fourth-order valence-electron chi connectivity index (χ4n) is 11.3. The molecular formula is C70H62N6O4. The number of hydrogen-bond donors (Lipinski definition) is 0. The van der Waals surface area contributed by atoms with E-state index in [0.717, 1.165) is 179 Å². The predicted molar refractivity (Wildman–Crippen MR) is 326 cm³/mol. The summed E-state index contributed by atoms with van der Waals surface area (Å²) in [6, 6.07) is 53.8. The predicted octanol–water partition coefficient (Wildman–Crippen LogP) is 16.9. The van der Waals surface area contributed by atoms with Crippen molar-refractivity contribution in [2.45, 2.75) is 55.4 Å². The van der Waals surface area contributed by atoms with Gasteiger partial charge in [0.05, 0.1) is 96.1 Å². The number of hydrogen-bond acceptors (Lipinski definition) is 10. The Hall–Kier alpha value is -9.54. The molecule has 0 radical (unpaired) electrons. The zero-order valence-corrected chi connectivity index (χ0v) is 47.3. The Morgan fingerprint density at radius 2 is 0.412 bits per heavy atom. The summed E-state index contributed by atoms with van der Waals surface area (Å²) in [5.74, 6) is 3.41. The van der Waals surface area contributed by atoms with Gasteiger partial charge < -0.3 is 18.9 Å². The summed E-state index contributed by atoms with van der Waals surface area (Å²) < 4.78 is 21.8. The second kappa shape index (κ2) is 21.7. The molecule has 0 N–H and O–H groups in total. The number of aromatic nitrogens is 6. The van der Waals surface area contributed by atoms with Crippen LogP contribution >= 0.6 is 0 Å². The van der Waals surface area contributed by atoms with Gasteiger partial charge in [0.25, 0.3) is 0 Å². The van der Waals surface area contributed by atoms with Crippen molar-refractivity contribution in [3.05, 3.63) is 202 Å². The van der Waals surface area contributed by atoms with Crippen LogP contribution in [0.4, 0.5) is 0 Å². The van der Waals surface area contributed by atoms with Crippen LogP contribution in [0, 0.1) is 55.4 Å². The van der Waals surface area contributed by atoms with E-state index in [0.29, 0.717) is 0 Å². The molecular weight excluding hydrogens is 989 g/mol. The number of benzene rings is 6. The molecule has 0 atom stereocenters. The first-order chi connectivity index (χ1) is 38.7. The van der Waals surface area contributed by atoms with Gasteiger partial charge in [-0.2, -0.15) is 0 Å². The van der Waals surface area contributed by atoms with Gasteiger partial charge >= 0.3 is 0 Å². The highest BCUT2D eigenvalue weighted by molar-refractivity contribution is 6.05. The van der Waals surface area contributed by atoms with Crippen LogP contribution in [0.5, 0.6) is 23.0 Å². The van der Waals surface area contributed by atoms with E-state index in [4.69, 9.17) is 48.9 Å². The summed E-state index contributed by atoms with van der Waals surface area (Å²) in [4.78, 5) is 30.6. The number of pyridine rings is 6. The lowest BCUT2D eigenvalue weighted by atomic mass is 9.98. The highest BCUT2D eigenvalue weighted by atomic mass is 16.5. The first kappa shape index (κ1) is 52.5. The summed E-state index contributed by atoms with van der Waals surface area (Å²) in [5, 5.41) is 4.19. The zero-order chi connectivity index (χ0) is 55.9. The lowest BCUT2D eigenvalue weighted by Gasteiger charge is -2.14. The van der Waals surface area contributed by atoms with E-state index in [1.807, 2.05) is 60.7 Å². The van der Waals surface area contributed by atoms with Crippen molar-refractivity contribution >= 4 is 43.6 Å². The van der Waals surface area contributed by atoms with E-state index in [9.17, 15) is 0 Å². The number of methoxy groups -OCH3 is 4. The third-order valence-corrected chi connectivity index (χ3v) is 15.1. The Balaban J connectivity index is 0.000000169. The van der Waals surface area contributed by atoms with E-state index in [2.05, 4.69) is 152 Å². The van der Waals surface area contributed by atoms with Gasteiger partial charge in [-0.05, 0) is 197 Å². The van der Waals surface area contributed by atoms with Crippen LogP contribution < -0.4 is 18.9 Å². The topological polar surface area (TPSA) is 114 Å². The van der Waals surface area contributed by atoms with Crippen LogP contribution in [0.2, 0.25) is 0 Å². The highest BCUT2D eigenvalue weighted by Crippen LogP contribution is 2.38. The molecule has 6 heterocycles. The normalized spacial score (nSPS) is 11.2. The molecule has 12 aromatic rings. The second-order valence-electron chi connectivity index (χ2n) is 20.6. The minimum Gasteiger partial charge on any atom is -0.497 e. The maximum absolute atomic E-state index is 5.47. The van der Waals surface area contributed by atoms with Gasteiger partial charge in [-0.25, -0.2) is 29.9 Å². The molecule has 0 aliphatic rings. The van der Waals surface area contributed by atoms with Crippen molar-refractivity contribution in [2.24, 2.45) is 0 Å². The number of ether oxygens (including phenoxy) is 4. The Morgan fingerprint density at radius 1 is 0.225 bits per heavy atom. The van der Waals surface area contributed by atoms with Crippen LogP contribution in [0.3, 0.4) is 0 Å². The van der Waals surface area contributed by atoms with E-state index < -0.39 is 0 Å². The Bertz CT molecular complexity index is 4040. The first-order valence-corrected chi connectivity index (χ1v) is 26.7. The molecule has 0 unspecified atom stereocenters. The third-order valence-electron chi connectivity index (χ3n) is 15.1. The molecule has 0 saturated heterocycles. The number of rotatable bonds is 10. The van der Waals surface area contributed by atoms with Gasteiger partial charge in [0.15, 0.2) is 0 Å². The molecule has 6 aromatic heterocycles. The highest BCUT2D eigenvalue weighted by Gasteiger charge is 2.18. The van der Waals surface area contributed by atoms with Crippen molar-refractivity contribution in [1.82, 2.24) is 29.9 Å². The molecule has 0 fully saturated rings. The van der Waals surface area contributed by atoms with Gasteiger partial charge in [0, 0.05) is 43.8 Å². The smallest absolute Gasteiger partial charge is 0.119 e. The monoisotopic (exact) mass is 1050 g/mol. The molecule has 0 bridgehead atoms. The van der Waals surface area contributed by atoms with E-state index in [1.165, 1.54) is 0 Å². The van der Waals surface area contributed by atoms with Gasteiger partial charge in [0.2, 0.25) is 0 Å². The van der Waals surface area contributed by atoms with Crippen LogP contribution in [-0.4, -0.2) is 58.3 Å². The Labute approximate surface area is 467 Å². The number of fused-ring (bicyclic) bond motifs is 6. The molecule has 0 spiro atoms. The summed E-state index contributed by atoms with van der Waals surface area (Å²) >= 11 is 0. The average Bonchev–Trinajstić information content (AvgIpc) is 3.51. The van der Waals surface area contributed by atoms with Gasteiger partial charge in [-0.3, -0.25) is 0 Å². The van der Waals surface area contributed by atoms with Crippen molar-refractivity contribution in [2.75, 3.05) is 28.4 Å². The molecule has 0 amide bonds. The maximum atomic E-state index is 5.47. The Morgan fingerprint density at radius 3 is 0.662 bits per heavy atom. The molecule has 10 nitrogen and oxygen atoms in total. The summed E-state index contributed by atoms with van der Waals surface area (Å²) in [6.07, 6.45) is 0. The zero-order valence-electron chi connectivity index (χ0n) is 47.3. The molecule has 80 heavy (non-hydrogen) atoms. The molecule has 0 aliphatic heterocycles. The van der Waals surface area contributed by atoms with E-state index in [-0.39, 0.29) is 0 Å². The standard InChI is InChI=1S/2C35H31N3O2/c2*1-20-16-26(39-5)17-21(2)32(20)30-9-7-8-28(36-30)29-14-12-24-10-11-25-13-15-31(38-35(25)34(24)37-29)33-22(3)18-27(40-6)19-23(33)4/h2*7-19H,1-6H3. The average molecular weight is 1050 g/mol. The number of aryl methyl sites for hydroxylation is 8. The Kier molecular flexibility index (Phi) is 14.2. The van der Waals surface area contributed by atoms with Crippen LogP contribution in [-0.2, 0) is 0 Å². The lowest BCUT2D eigenvalue weighted by Crippen LogP contribution is -1.97. The largest absolute Gasteiger partial charge is 0.497 e. The van der Waals surface area contributed by atoms with Crippen molar-refractivity contribution in [3.63, 3.8) is 0 Å². The van der Waals surface area contributed by atoms with Gasteiger partial charge in [0.1, 0.15) is 23.0 Å². The number of nitrogens with zero attached hydrogens (tertiary/aromatic N) is 6. The lowest BCUT2D eigenvalue weighted by molar-refractivity contribution is 0.414. The summed E-state index contributed by atoms with van der Waals surface area (Å²) in [7, 11) is 6.78. The minimum atomic E-state index is 0.815.